The van der Waals surface area contributed by atoms with Crippen LogP contribution in [-0.4, -0.2) is 28.2 Å². The fourth-order valence-corrected chi connectivity index (χ4v) is 7.00. The summed E-state index contributed by atoms with van der Waals surface area (Å²) in [7, 11) is 0. The predicted molar refractivity (Wildman–Crippen MR) is 235 cm³/mol. The number of nitrogen functional groups attached to an aromatic ring is 1. The highest BCUT2D eigenvalue weighted by Crippen LogP contribution is 2.23. The summed E-state index contributed by atoms with van der Waals surface area (Å²) in [6.45, 7) is 6.06. The van der Waals surface area contributed by atoms with E-state index in [0.29, 0.717) is 11.9 Å². The smallest absolute Gasteiger partial charge is 0.233 e. The maximum absolute atomic E-state index is 6.03. The molecule has 3 rings (SSSR count). The van der Waals surface area contributed by atoms with Crippen LogP contribution in [0.3, 0.4) is 0 Å². The third-order valence-electron chi connectivity index (χ3n) is 10.4. The van der Waals surface area contributed by atoms with Gasteiger partial charge in [-0.05, 0) is 61.4 Å². The number of nitrogens with two attached hydrogens (primary N) is 1. The summed E-state index contributed by atoms with van der Waals surface area (Å²) in [4.78, 5) is 13.1. The Labute approximate surface area is 336 Å². The highest BCUT2D eigenvalue weighted by atomic mass is 16.5. The Kier molecular flexibility index (Phi) is 26.4. The van der Waals surface area contributed by atoms with E-state index in [-0.39, 0.29) is 5.95 Å². The predicted octanol–water partition coefficient (Wildman–Crippen LogP) is 14.7. The third kappa shape index (κ3) is 23.9. The molecule has 308 valence electrons. The number of rotatable bonds is 36. The number of hydrogen-bond donors (Lipinski definition) is 3. The zero-order chi connectivity index (χ0) is 38.9. The van der Waals surface area contributed by atoms with Gasteiger partial charge in [-0.2, -0.15) is 15.0 Å². The van der Waals surface area contributed by atoms with Gasteiger partial charge in [0.2, 0.25) is 17.8 Å². The molecule has 0 aliphatic heterocycles. The van der Waals surface area contributed by atoms with Crippen molar-refractivity contribution >= 4 is 29.2 Å². The maximum atomic E-state index is 6.03. The molecule has 0 unspecified atom stereocenters. The van der Waals surface area contributed by atoms with Crippen LogP contribution in [0, 0.1) is 0 Å². The van der Waals surface area contributed by atoms with E-state index >= 15 is 0 Å². The number of unbranched alkanes of at least 4 members (excludes halogenated alkanes) is 26. The Morgan fingerprint density at radius 3 is 0.945 bits per heavy atom. The molecule has 8 nitrogen and oxygen atoms in total. The summed E-state index contributed by atoms with van der Waals surface area (Å²) < 4.78 is 12.0. The number of aromatic nitrogens is 3. The molecule has 0 aliphatic rings. The topological polar surface area (TPSA) is 107 Å². The van der Waals surface area contributed by atoms with E-state index in [4.69, 9.17) is 15.2 Å². The first kappa shape index (κ1) is 45.8. The number of ether oxygens (including phenoxy) is 2. The number of nitrogens with one attached hydrogen (secondary N) is 2. The van der Waals surface area contributed by atoms with Crippen molar-refractivity contribution in [2.45, 2.75) is 194 Å². The van der Waals surface area contributed by atoms with Crippen molar-refractivity contribution in [2.24, 2.45) is 0 Å². The Hall–Kier alpha value is -3.55. The van der Waals surface area contributed by atoms with Gasteiger partial charge in [0.25, 0.3) is 0 Å². The van der Waals surface area contributed by atoms with Crippen LogP contribution in [0.25, 0.3) is 0 Å². The largest absolute Gasteiger partial charge is 0.494 e. The zero-order valence-electron chi connectivity index (χ0n) is 35.1. The van der Waals surface area contributed by atoms with Crippen molar-refractivity contribution < 1.29 is 9.47 Å². The summed E-state index contributed by atoms with van der Waals surface area (Å²) in [5.41, 5.74) is 7.72. The molecule has 0 saturated heterocycles. The SMILES string of the molecule is CCCCCCCCCCCCCCCCOc1ccc(Nc2nc(N)nc(Nc3ccc(OCCCCCCCCCCCCCCCC)cc3)n2)cc1. The first-order valence-electron chi connectivity index (χ1n) is 22.7. The molecule has 2 aromatic carbocycles. The summed E-state index contributed by atoms with van der Waals surface area (Å²) in [5.74, 6) is 2.62. The summed E-state index contributed by atoms with van der Waals surface area (Å²) in [6, 6.07) is 15.7. The van der Waals surface area contributed by atoms with Crippen molar-refractivity contribution in [3.05, 3.63) is 48.5 Å². The van der Waals surface area contributed by atoms with Crippen molar-refractivity contribution in [1.82, 2.24) is 15.0 Å². The molecule has 0 amide bonds. The Balaban J connectivity index is 1.21. The van der Waals surface area contributed by atoms with Crippen molar-refractivity contribution in [2.75, 3.05) is 29.6 Å². The molecule has 0 atom stereocenters. The van der Waals surface area contributed by atoms with Crippen LogP contribution in [-0.2, 0) is 0 Å². The van der Waals surface area contributed by atoms with E-state index < -0.39 is 0 Å². The Morgan fingerprint density at radius 1 is 0.382 bits per heavy atom. The normalized spacial score (nSPS) is 11.2. The number of benzene rings is 2. The highest BCUT2D eigenvalue weighted by Gasteiger charge is 2.07. The fourth-order valence-electron chi connectivity index (χ4n) is 7.00. The van der Waals surface area contributed by atoms with Gasteiger partial charge in [-0.1, -0.05) is 181 Å². The highest BCUT2D eigenvalue weighted by molar-refractivity contribution is 5.59. The first-order chi connectivity index (χ1) is 27.2. The molecule has 8 heteroatoms. The summed E-state index contributed by atoms with van der Waals surface area (Å²) >= 11 is 0. The van der Waals surface area contributed by atoms with Gasteiger partial charge in [0.15, 0.2) is 0 Å². The summed E-state index contributed by atoms with van der Waals surface area (Å²) in [5, 5.41) is 6.47. The minimum atomic E-state index is 0.140. The van der Waals surface area contributed by atoms with Gasteiger partial charge in [-0.25, -0.2) is 0 Å². The van der Waals surface area contributed by atoms with Crippen LogP contribution in [0.4, 0.5) is 29.2 Å². The van der Waals surface area contributed by atoms with Gasteiger partial charge in [0.05, 0.1) is 13.2 Å². The van der Waals surface area contributed by atoms with Crippen LogP contribution in [0.15, 0.2) is 48.5 Å². The molecule has 4 N–H and O–H groups in total. The molecule has 3 aromatic rings. The number of hydrogen-bond acceptors (Lipinski definition) is 8. The molecule has 55 heavy (non-hydrogen) atoms. The minimum absolute atomic E-state index is 0.140. The van der Waals surface area contributed by atoms with Crippen LogP contribution >= 0.6 is 0 Å². The molecule has 0 bridgehead atoms. The van der Waals surface area contributed by atoms with Gasteiger partial charge < -0.3 is 25.8 Å². The van der Waals surface area contributed by atoms with Crippen LogP contribution in [0.1, 0.15) is 194 Å². The second-order valence-corrected chi connectivity index (χ2v) is 15.5. The van der Waals surface area contributed by atoms with Crippen molar-refractivity contribution in [3.8, 4) is 11.5 Å². The molecule has 0 saturated carbocycles. The molecule has 1 aromatic heterocycles. The Bertz CT molecular complexity index is 1220. The van der Waals surface area contributed by atoms with Crippen LogP contribution in [0.5, 0.6) is 11.5 Å². The lowest BCUT2D eigenvalue weighted by atomic mass is 10.0. The van der Waals surface area contributed by atoms with Gasteiger partial charge in [-0.3, -0.25) is 0 Å². The monoisotopic (exact) mass is 759 g/mol. The van der Waals surface area contributed by atoms with E-state index in [1.54, 1.807) is 0 Å². The lowest BCUT2D eigenvalue weighted by Gasteiger charge is -2.11. The average Bonchev–Trinajstić information content (AvgIpc) is 3.19. The average molecular weight is 759 g/mol. The van der Waals surface area contributed by atoms with Gasteiger partial charge in [0, 0.05) is 11.4 Å². The molecule has 0 aliphatic carbocycles. The lowest BCUT2D eigenvalue weighted by molar-refractivity contribution is 0.304. The quantitative estimate of drug-likeness (QED) is 0.0503. The van der Waals surface area contributed by atoms with E-state index in [0.717, 1.165) is 48.9 Å². The van der Waals surface area contributed by atoms with Crippen LogP contribution in [0.2, 0.25) is 0 Å². The van der Waals surface area contributed by atoms with E-state index in [9.17, 15) is 0 Å². The van der Waals surface area contributed by atoms with Crippen LogP contribution < -0.4 is 25.8 Å². The van der Waals surface area contributed by atoms with E-state index in [1.807, 2.05) is 48.5 Å². The summed E-state index contributed by atoms with van der Waals surface area (Å²) in [6.07, 6.45) is 38.0. The molecule has 1 heterocycles. The first-order valence-corrected chi connectivity index (χ1v) is 22.7. The second-order valence-electron chi connectivity index (χ2n) is 15.5. The van der Waals surface area contributed by atoms with Gasteiger partial charge >= 0.3 is 0 Å². The number of anilines is 5. The molecular formula is C47H78N6O2. The zero-order valence-corrected chi connectivity index (χ0v) is 35.1. The molecule has 0 spiro atoms. The molecule has 0 radical (unpaired) electrons. The van der Waals surface area contributed by atoms with Gasteiger partial charge in [0.1, 0.15) is 11.5 Å². The lowest BCUT2D eigenvalue weighted by Crippen LogP contribution is -2.07. The van der Waals surface area contributed by atoms with E-state index in [1.165, 1.54) is 167 Å². The maximum Gasteiger partial charge on any atom is 0.233 e. The van der Waals surface area contributed by atoms with Gasteiger partial charge in [-0.15, -0.1) is 0 Å². The number of nitrogens with zero attached hydrogens (tertiary/aromatic N) is 3. The van der Waals surface area contributed by atoms with Crippen molar-refractivity contribution in [3.63, 3.8) is 0 Å². The third-order valence-corrected chi connectivity index (χ3v) is 10.4. The molecular weight excluding hydrogens is 681 g/mol. The standard InChI is InChI=1S/C47H78N6O2/c1-3-5-7-9-11-13-15-17-19-21-23-25-27-29-39-54-43-35-31-41(32-36-43)49-46-51-45(48)52-47(53-46)50-42-33-37-44(38-34-42)55-40-30-28-26-24-22-20-18-16-14-12-10-8-6-4-2/h31-38H,3-30,39-40H2,1-2H3,(H4,48,49,50,51,52,53). The van der Waals surface area contributed by atoms with Crippen molar-refractivity contribution in [1.29, 1.82) is 0 Å². The molecule has 0 fully saturated rings. The fraction of sp³-hybridized carbons (Fsp3) is 0.681. The Morgan fingerprint density at radius 2 is 0.655 bits per heavy atom. The minimum Gasteiger partial charge on any atom is -0.494 e. The van der Waals surface area contributed by atoms with E-state index in [2.05, 4.69) is 39.4 Å². The second kappa shape index (κ2) is 31.6.